The van der Waals surface area contributed by atoms with E-state index in [2.05, 4.69) is 20.8 Å². The van der Waals surface area contributed by atoms with Crippen LogP contribution in [0.3, 0.4) is 0 Å². The molecule has 0 aliphatic carbocycles. The van der Waals surface area contributed by atoms with E-state index in [1.807, 2.05) is 46.0 Å². The maximum absolute atomic E-state index is 11.9. The van der Waals surface area contributed by atoms with E-state index >= 15 is 0 Å². The van der Waals surface area contributed by atoms with Gasteiger partial charge in [-0.25, -0.2) is 4.79 Å². The topological polar surface area (TPSA) is 32.8 Å². The minimum absolute atomic E-state index is 0.298. The van der Waals surface area contributed by atoms with E-state index in [0.717, 1.165) is 23.1 Å². The summed E-state index contributed by atoms with van der Waals surface area (Å²) in [6.07, 6.45) is -0.298. The summed E-state index contributed by atoms with van der Waals surface area (Å²) in [5, 5.41) is 0.711. The lowest BCUT2D eigenvalue weighted by Gasteiger charge is -2.26. The van der Waals surface area contributed by atoms with Crippen molar-refractivity contribution in [2.75, 3.05) is 27.2 Å². The molecule has 0 saturated heterocycles. The Hall–Kier alpha value is -0.780. The van der Waals surface area contributed by atoms with Gasteiger partial charge in [-0.05, 0) is 45.5 Å². The minimum Gasteiger partial charge on any atom is -0.444 e. The number of hydrogen-bond donors (Lipinski definition) is 0. The van der Waals surface area contributed by atoms with Gasteiger partial charge in [0.05, 0.1) is 0 Å². The van der Waals surface area contributed by atoms with E-state index in [4.69, 9.17) is 16.3 Å². The van der Waals surface area contributed by atoms with Crippen LogP contribution >= 0.6 is 27.5 Å². The predicted octanol–water partition coefficient (Wildman–Crippen LogP) is 4.40. The first-order chi connectivity index (χ1) is 10.1. The fourth-order valence-corrected chi connectivity index (χ4v) is 2.58. The third kappa shape index (κ3) is 6.99. The van der Waals surface area contributed by atoms with Gasteiger partial charge < -0.3 is 14.5 Å². The Balaban J connectivity index is 2.45. The Morgan fingerprint density at radius 3 is 2.45 bits per heavy atom. The molecule has 0 fully saturated rings. The van der Waals surface area contributed by atoms with Gasteiger partial charge in [-0.2, -0.15) is 0 Å². The molecular formula is C16H24BrClN2O2. The summed E-state index contributed by atoms with van der Waals surface area (Å²) in [6.45, 7) is 7.73. The zero-order chi connectivity index (χ0) is 16.9. The summed E-state index contributed by atoms with van der Waals surface area (Å²) in [7, 11) is 3.77. The second-order valence-electron chi connectivity index (χ2n) is 6.38. The lowest BCUT2D eigenvalue weighted by molar-refractivity contribution is 0.0286. The minimum atomic E-state index is -0.467. The molecule has 4 nitrogen and oxygen atoms in total. The summed E-state index contributed by atoms with van der Waals surface area (Å²) in [4.78, 5) is 15.6. The highest BCUT2D eigenvalue weighted by molar-refractivity contribution is 9.10. The summed E-state index contributed by atoms with van der Waals surface area (Å²) in [5.74, 6) is 0. The summed E-state index contributed by atoms with van der Waals surface area (Å²) < 4.78 is 6.32. The third-order valence-electron chi connectivity index (χ3n) is 2.98. The molecule has 0 bridgehead atoms. The smallest absolute Gasteiger partial charge is 0.410 e. The van der Waals surface area contributed by atoms with E-state index in [1.165, 1.54) is 0 Å². The van der Waals surface area contributed by atoms with Crippen molar-refractivity contribution in [1.82, 2.24) is 9.80 Å². The summed E-state index contributed by atoms with van der Waals surface area (Å²) >= 11 is 9.46. The number of hydrogen-bond acceptors (Lipinski definition) is 3. The highest BCUT2D eigenvalue weighted by Gasteiger charge is 2.19. The molecule has 0 heterocycles. The lowest BCUT2D eigenvalue weighted by atomic mass is 10.2. The summed E-state index contributed by atoms with van der Waals surface area (Å²) in [5.41, 5.74) is 0.692. The van der Waals surface area contributed by atoms with Crippen LogP contribution in [0.1, 0.15) is 26.3 Å². The van der Waals surface area contributed by atoms with Gasteiger partial charge in [-0.15, -0.1) is 0 Å². The van der Waals surface area contributed by atoms with Gasteiger partial charge >= 0.3 is 6.09 Å². The molecule has 6 heteroatoms. The van der Waals surface area contributed by atoms with E-state index in [1.54, 1.807) is 11.9 Å². The van der Waals surface area contributed by atoms with Crippen LogP contribution in [0.25, 0.3) is 0 Å². The van der Waals surface area contributed by atoms with Gasteiger partial charge in [0.1, 0.15) is 5.60 Å². The molecule has 0 unspecified atom stereocenters. The molecule has 0 spiro atoms. The van der Waals surface area contributed by atoms with Crippen molar-refractivity contribution in [3.05, 3.63) is 33.3 Å². The molecule has 0 aliphatic heterocycles. The highest BCUT2D eigenvalue weighted by atomic mass is 79.9. The van der Waals surface area contributed by atoms with Gasteiger partial charge in [0, 0.05) is 36.2 Å². The van der Waals surface area contributed by atoms with Crippen molar-refractivity contribution < 1.29 is 9.53 Å². The number of amides is 1. The molecule has 0 N–H and O–H groups in total. The largest absolute Gasteiger partial charge is 0.444 e. The maximum atomic E-state index is 11.9. The number of benzene rings is 1. The van der Waals surface area contributed by atoms with Crippen LogP contribution < -0.4 is 0 Å². The van der Waals surface area contributed by atoms with Crippen molar-refractivity contribution in [2.45, 2.75) is 32.9 Å². The molecule has 22 heavy (non-hydrogen) atoms. The Bertz CT molecular complexity index is 517. The standard InChI is InChI=1S/C16H24BrClN2O2/c1-16(2,3)22-15(21)20(5)9-8-19(4)11-12-6-7-13(18)10-14(12)17/h6-7,10H,8-9,11H2,1-5H3. The van der Waals surface area contributed by atoms with Crippen LogP contribution in [0.5, 0.6) is 0 Å². The second-order valence-corrected chi connectivity index (χ2v) is 7.67. The van der Waals surface area contributed by atoms with Crippen molar-refractivity contribution in [3.8, 4) is 0 Å². The third-order valence-corrected chi connectivity index (χ3v) is 3.95. The van der Waals surface area contributed by atoms with Crippen LogP contribution in [0, 0.1) is 0 Å². The van der Waals surface area contributed by atoms with Gasteiger partial charge in [0.15, 0.2) is 0 Å². The Kier molecular flexibility index (Phi) is 7.16. The van der Waals surface area contributed by atoms with E-state index in [-0.39, 0.29) is 6.09 Å². The molecule has 1 rings (SSSR count). The fraction of sp³-hybridized carbons (Fsp3) is 0.562. The predicted molar refractivity (Wildman–Crippen MR) is 94.4 cm³/mol. The van der Waals surface area contributed by atoms with E-state index < -0.39 is 5.60 Å². The zero-order valence-corrected chi connectivity index (χ0v) is 16.2. The molecule has 0 aliphatic rings. The van der Waals surface area contributed by atoms with Crippen LogP contribution in [0.4, 0.5) is 4.79 Å². The lowest BCUT2D eigenvalue weighted by Crippen LogP contribution is -2.38. The zero-order valence-electron chi connectivity index (χ0n) is 13.8. The van der Waals surface area contributed by atoms with Crippen molar-refractivity contribution in [1.29, 1.82) is 0 Å². The van der Waals surface area contributed by atoms with E-state index in [9.17, 15) is 4.79 Å². The van der Waals surface area contributed by atoms with Gasteiger partial charge in [-0.3, -0.25) is 0 Å². The quantitative estimate of drug-likeness (QED) is 0.745. The molecule has 1 amide bonds. The molecular weight excluding hydrogens is 368 g/mol. The average molecular weight is 392 g/mol. The SMILES string of the molecule is CN(CCN(C)C(=O)OC(C)(C)C)Cc1ccc(Cl)cc1Br. The number of carbonyl (C=O) groups is 1. The number of halogens is 2. The normalized spacial score (nSPS) is 11.6. The van der Waals surface area contributed by atoms with Crippen LogP contribution in [0.15, 0.2) is 22.7 Å². The fourth-order valence-electron chi connectivity index (χ4n) is 1.77. The molecule has 0 aromatic heterocycles. The second kappa shape index (κ2) is 8.18. The number of nitrogens with zero attached hydrogens (tertiary/aromatic N) is 2. The van der Waals surface area contributed by atoms with Crippen LogP contribution in [-0.2, 0) is 11.3 Å². The molecule has 0 saturated carbocycles. The number of carbonyl (C=O) groups excluding carboxylic acids is 1. The van der Waals surface area contributed by atoms with Crippen molar-refractivity contribution >= 4 is 33.6 Å². The van der Waals surface area contributed by atoms with Crippen molar-refractivity contribution in [2.24, 2.45) is 0 Å². The number of rotatable bonds is 5. The maximum Gasteiger partial charge on any atom is 0.410 e. The first kappa shape index (κ1) is 19.3. The van der Waals surface area contributed by atoms with Gasteiger partial charge in [-0.1, -0.05) is 33.6 Å². The first-order valence-corrected chi connectivity index (χ1v) is 8.32. The van der Waals surface area contributed by atoms with Crippen molar-refractivity contribution in [3.63, 3.8) is 0 Å². The van der Waals surface area contributed by atoms with Crippen LogP contribution in [0.2, 0.25) is 5.02 Å². The molecule has 1 aromatic carbocycles. The highest BCUT2D eigenvalue weighted by Crippen LogP contribution is 2.22. The Labute approximate surface area is 146 Å². The number of ether oxygens (including phenoxy) is 1. The monoisotopic (exact) mass is 390 g/mol. The molecule has 0 atom stereocenters. The average Bonchev–Trinajstić information content (AvgIpc) is 2.37. The van der Waals surface area contributed by atoms with Gasteiger partial charge in [0.25, 0.3) is 0 Å². The molecule has 124 valence electrons. The Morgan fingerprint density at radius 1 is 1.27 bits per heavy atom. The van der Waals surface area contributed by atoms with Crippen LogP contribution in [-0.4, -0.2) is 48.7 Å². The molecule has 1 aromatic rings. The van der Waals surface area contributed by atoms with Gasteiger partial charge in [0.2, 0.25) is 0 Å². The number of likely N-dealkylation sites (N-methyl/N-ethyl adjacent to an activating group) is 2. The summed E-state index contributed by atoms with van der Waals surface area (Å²) in [6, 6.07) is 5.76. The Morgan fingerprint density at radius 2 is 1.91 bits per heavy atom. The van der Waals surface area contributed by atoms with E-state index in [0.29, 0.717) is 11.6 Å². The molecule has 0 radical (unpaired) electrons. The first-order valence-electron chi connectivity index (χ1n) is 7.15.